The summed E-state index contributed by atoms with van der Waals surface area (Å²) in [5.74, 6) is -1.74. The van der Waals surface area contributed by atoms with Gasteiger partial charge in [-0.15, -0.1) is 0 Å². The zero-order valence-corrected chi connectivity index (χ0v) is 12.2. The van der Waals surface area contributed by atoms with E-state index >= 15 is 0 Å². The zero-order valence-electron chi connectivity index (χ0n) is 12.2. The number of carbonyl (C=O) groups is 2. The van der Waals surface area contributed by atoms with Crippen LogP contribution in [0.15, 0.2) is 30.3 Å². The normalized spacial score (nSPS) is 14.2. The maximum Gasteiger partial charge on any atom is 0.408 e. The van der Waals surface area contributed by atoms with Crippen molar-refractivity contribution in [1.82, 2.24) is 5.32 Å². The molecule has 20 heavy (non-hydrogen) atoms. The first-order valence-corrected chi connectivity index (χ1v) is 6.48. The van der Waals surface area contributed by atoms with Crippen LogP contribution in [0.2, 0.25) is 0 Å². The van der Waals surface area contributed by atoms with Crippen LogP contribution in [0.5, 0.6) is 0 Å². The predicted octanol–water partition coefficient (Wildman–Crippen LogP) is 2.97. The number of carbonyl (C=O) groups excluding carboxylic acids is 1. The summed E-state index contributed by atoms with van der Waals surface area (Å²) >= 11 is 0. The van der Waals surface area contributed by atoms with E-state index in [1.807, 2.05) is 6.07 Å². The molecule has 0 saturated carbocycles. The van der Waals surface area contributed by atoms with Crippen molar-refractivity contribution in [3.8, 4) is 0 Å². The Bertz CT molecular complexity index is 465. The number of rotatable bonds is 4. The van der Waals surface area contributed by atoms with E-state index in [0.29, 0.717) is 0 Å². The molecule has 5 nitrogen and oxygen atoms in total. The van der Waals surface area contributed by atoms with Crippen LogP contribution in [0.1, 0.15) is 39.3 Å². The number of carboxylic acids is 1. The lowest BCUT2D eigenvalue weighted by Crippen LogP contribution is -2.39. The van der Waals surface area contributed by atoms with Crippen molar-refractivity contribution in [3.05, 3.63) is 35.9 Å². The van der Waals surface area contributed by atoms with Gasteiger partial charge in [0.05, 0.1) is 12.0 Å². The molecule has 0 radical (unpaired) electrons. The first-order valence-electron chi connectivity index (χ1n) is 6.48. The molecule has 1 amide bonds. The molecule has 0 spiro atoms. The second-order valence-corrected chi connectivity index (χ2v) is 5.66. The van der Waals surface area contributed by atoms with Gasteiger partial charge in [-0.2, -0.15) is 0 Å². The number of aliphatic carboxylic acids is 1. The molecule has 2 N–H and O–H groups in total. The summed E-state index contributed by atoms with van der Waals surface area (Å²) in [6.45, 7) is 6.82. The average Bonchev–Trinajstić information content (AvgIpc) is 2.34. The van der Waals surface area contributed by atoms with E-state index in [1.165, 1.54) is 0 Å². The quantitative estimate of drug-likeness (QED) is 0.888. The van der Waals surface area contributed by atoms with Crippen molar-refractivity contribution in [1.29, 1.82) is 0 Å². The molecule has 0 aliphatic carbocycles. The molecule has 1 aromatic carbocycles. The third kappa shape index (κ3) is 4.91. The molecule has 5 heteroatoms. The summed E-state index contributed by atoms with van der Waals surface area (Å²) in [7, 11) is 0. The van der Waals surface area contributed by atoms with Crippen molar-refractivity contribution in [2.45, 2.75) is 39.3 Å². The highest BCUT2D eigenvalue weighted by Gasteiger charge is 2.28. The number of amides is 1. The van der Waals surface area contributed by atoms with Crippen LogP contribution in [0.3, 0.4) is 0 Å². The minimum absolute atomic E-state index is 0.626. The molecule has 0 saturated heterocycles. The summed E-state index contributed by atoms with van der Waals surface area (Å²) in [6, 6.07) is 8.35. The highest BCUT2D eigenvalue weighted by atomic mass is 16.6. The molecule has 1 aromatic rings. The summed E-state index contributed by atoms with van der Waals surface area (Å²) in [5.41, 5.74) is 0.103. The Kier molecular flexibility index (Phi) is 5.13. The van der Waals surface area contributed by atoms with Crippen molar-refractivity contribution < 1.29 is 19.4 Å². The molecule has 0 bridgehead atoms. The molecule has 2 atom stereocenters. The Morgan fingerprint density at radius 2 is 1.75 bits per heavy atom. The molecule has 0 heterocycles. The SMILES string of the molecule is CC(C(=O)O)[C@H](NC(=O)OC(C)(C)C)c1ccccc1. The average molecular weight is 279 g/mol. The van der Waals surface area contributed by atoms with E-state index < -0.39 is 29.6 Å². The lowest BCUT2D eigenvalue weighted by molar-refractivity contribution is -0.142. The molecule has 0 aliphatic heterocycles. The van der Waals surface area contributed by atoms with Gasteiger partial charge in [-0.1, -0.05) is 30.3 Å². The van der Waals surface area contributed by atoms with Gasteiger partial charge in [0.2, 0.25) is 0 Å². The minimum atomic E-state index is -0.977. The number of nitrogens with one attached hydrogen (secondary N) is 1. The third-order valence-electron chi connectivity index (χ3n) is 2.72. The van der Waals surface area contributed by atoms with Crippen molar-refractivity contribution in [2.24, 2.45) is 5.92 Å². The zero-order chi connectivity index (χ0) is 15.3. The first-order chi connectivity index (χ1) is 9.20. The van der Waals surface area contributed by atoms with E-state index in [0.717, 1.165) is 5.56 Å². The van der Waals surface area contributed by atoms with Crippen LogP contribution in [-0.2, 0) is 9.53 Å². The van der Waals surface area contributed by atoms with Gasteiger partial charge >= 0.3 is 12.1 Å². The largest absolute Gasteiger partial charge is 0.481 e. The van der Waals surface area contributed by atoms with Gasteiger partial charge in [0, 0.05) is 0 Å². The monoisotopic (exact) mass is 279 g/mol. The number of carboxylic acid groups (broad SMARTS) is 1. The first kappa shape index (κ1) is 16.0. The van der Waals surface area contributed by atoms with Crippen LogP contribution in [-0.4, -0.2) is 22.8 Å². The molecule has 110 valence electrons. The molecule has 1 rings (SSSR count). The number of alkyl carbamates (subject to hydrolysis) is 1. The molecular weight excluding hydrogens is 258 g/mol. The van der Waals surface area contributed by atoms with Crippen molar-refractivity contribution in [3.63, 3.8) is 0 Å². The van der Waals surface area contributed by atoms with Crippen molar-refractivity contribution in [2.75, 3.05) is 0 Å². The number of ether oxygens (including phenoxy) is 1. The molecule has 0 aliphatic rings. The molecule has 0 aromatic heterocycles. The fraction of sp³-hybridized carbons (Fsp3) is 0.467. The maximum absolute atomic E-state index is 11.8. The fourth-order valence-electron chi connectivity index (χ4n) is 1.73. The smallest absolute Gasteiger partial charge is 0.408 e. The Morgan fingerprint density at radius 3 is 2.20 bits per heavy atom. The number of hydrogen-bond donors (Lipinski definition) is 2. The van der Waals surface area contributed by atoms with Crippen LogP contribution in [0.25, 0.3) is 0 Å². The van der Waals surface area contributed by atoms with Gasteiger partial charge in [0.15, 0.2) is 0 Å². The highest BCUT2D eigenvalue weighted by molar-refractivity contribution is 5.74. The van der Waals surface area contributed by atoms with E-state index in [2.05, 4.69) is 5.32 Å². The Labute approximate surface area is 118 Å². The number of benzene rings is 1. The van der Waals surface area contributed by atoms with Gasteiger partial charge < -0.3 is 15.2 Å². The second kappa shape index (κ2) is 6.41. The number of hydrogen-bond acceptors (Lipinski definition) is 3. The predicted molar refractivity (Wildman–Crippen MR) is 75.4 cm³/mol. The summed E-state index contributed by atoms with van der Waals surface area (Å²) < 4.78 is 5.18. The van der Waals surface area contributed by atoms with E-state index in [-0.39, 0.29) is 0 Å². The van der Waals surface area contributed by atoms with Crippen LogP contribution >= 0.6 is 0 Å². The second-order valence-electron chi connectivity index (χ2n) is 5.66. The minimum Gasteiger partial charge on any atom is -0.481 e. The highest BCUT2D eigenvalue weighted by Crippen LogP contribution is 2.22. The third-order valence-corrected chi connectivity index (χ3v) is 2.72. The fourth-order valence-corrected chi connectivity index (χ4v) is 1.73. The van der Waals surface area contributed by atoms with Gasteiger partial charge in [-0.3, -0.25) is 4.79 Å². The lowest BCUT2D eigenvalue weighted by Gasteiger charge is -2.26. The van der Waals surface area contributed by atoms with Gasteiger partial charge in [0.25, 0.3) is 0 Å². The van der Waals surface area contributed by atoms with Crippen molar-refractivity contribution >= 4 is 12.1 Å². The molecule has 0 fully saturated rings. The lowest BCUT2D eigenvalue weighted by atomic mass is 9.95. The maximum atomic E-state index is 11.8. The van der Waals surface area contributed by atoms with Gasteiger partial charge in [0.1, 0.15) is 5.60 Å². The van der Waals surface area contributed by atoms with Crippen LogP contribution in [0.4, 0.5) is 4.79 Å². The van der Waals surface area contributed by atoms with Gasteiger partial charge in [-0.25, -0.2) is 4.79 Å². The van der Waals surface area contributed by atoms with Gasteiger partial charge in [-0.05, 0) is 33.3 Å². The van der Waals surface area contributed by atoms with E-state index in [4.69, 9.17) is 9.84 Å². The standard InChI is InChI=1S/C15H21NO4/c1-10(13(17)18)12(11-8-6-5-7-9-11)16-14(19)20-15(2,3)4/h5-10,12H,1-4H3,(H,16,19)(H,17,18)/t10?,12-/m0/s1. The van der Waals surface area contributed by atoms with E-state index in [1.54, 1.807) is 52.0 Å². The molecular formula is C15H21NO4. The Balaban J connectivity index is 2.90. The van der Waals surface area contributed by atoms with Crippen LogP contribution < -0.4 is 5.32 Å². The van der Waals surface area contributed by atoms with Crippen LogP contribution in [0, 0.1) is 5.92 Å². The van der Waals surface area contributed by atoms with E-state index in [9.17, 15) is 9.59 Å². The summed E-state index contributed by atoms with van der Waals surface area (Å²) in [4.78, 5) is 23.0. The topological polar surface area (TPSA) is 75.6 Å². The summed E-state index contributed by atoms with van der Waals surface area (Å²) in [5, 5.41) is 11.8. The Morgan fingerprint density at radius 1 is 1.20 bits per heavy atom. The Hall–Kier alpha value is -2.04. The molecule has 1 unspecified atom stereocenters. The summed E-state index contributed by atoms with van der Waals surface area (Å²) in [6.07, 6.45) is -0.626.